The monoisotopic (exact) mass is 437 g/mol. The molecule has 0 radical (unpaired) electrons. The van der Waals surface area contributed by atoms with Gasteiger partial charge in [0.25, 0.3) is 0 Å². The van der Waals surface area contributed by atoms with E-state index in [0.29, 0.717) is 44.1 Å². The Labute approximate surface area is 175 Å². The van der Waals surface area contributed by atoms with Crippen LogP contribution >= 0.6 is 0 Å². The summed E-state index contributed by atoms with van der Waals surface area (Å²) in [5.41, 5.74) is 0.793. The summed E-state index contributed by atoms with van der Waals surface area (Å²) in [7, 11) is -1.36. The van der Waals surface area contributed by atoms with Crippen LogP contribution in [0.15, 0.2) is 35.2 Å². The molecule has 1 atom stereocenters. The second-order valence-electron chi connectivity index (χ2n) is 7.17. The van der Waals surface area contributed by atoms with Crippen LogP contribution in [-0.4, -0.2) is 46.7 Å². The molecule has 4 rings (SSSR count). The molecule has 2 aliphatic rings. The first kappa shape index (κ1) is 20.7. The standard InChI is InChI=1S/C21H24FNO6S/c1-26-18-12-15(22)21(13-19(18)27-2)30(24,25)23-8-3-5-16(23)14-6-7-17-20(11-14)29-10-4-9-28-17/h6-7,11-13,16H,3-5,8-10H2,1-2H3/t16-/m1/s1. The van der Waals surface area contributed by atoms with Crippen molar-refractivity contribution in [1.29, 1.82) is 0 Å². The van der Waals surface area contributed by atoms with E-state index in [0.717, 1.165) is 18.1 Å². The molecule has 0 N–H and O–H groups in total. The molecule has 30 heavy (non-hydrogen) atoms. The molecule has 0 bridgehead atoms. The highest BCUT2D eigenvalue weighted by molar-refractivity contribution is 7.89. The van der Waals surface area contributed by atoms with Crippen molar-refractivity contribution in [3.8, 4) is 23.0 Å². The molecule has 1 saturated heterocycles. The number of rotatable bonds is 5. The van der Waals surface area contributed by atoms with E-state index in [1.807, 2.05) is 12.1 Å². The average Bonchev–Trinajstić information content (AvgIpc) is 3.13. The molecule has 0 amide bonds. The van der Waals surface area contributed by atoms with Crippen LogP contribution in [0.1, 0.15) is 30.9 Å². The number of sulfonamides is 1. The lowest BCUT2D eigenvalue weighted by Gasteiger charge is -2.25. The molecule has 2 heterocycles. The van der Waals surface area contributed by atoms with Gasteiger partial charge in [-0.25, -0.2) is 12.8 Å². The second kappa shape index (κ2) is 8.31. The lowest BCUT2D eigenvalue weighted by Crippen LogP contribution is -2.31. The summed E-state index contributed by atoms with van der Waals surface area (Å²) in [5.74, 6) is 0.664. The van der Waals surface area contributed by atoms with E-state index in [1.165, 1.54) is 24.6 Å². The Morgan fingerprint density at radius 1 is 1.00 bits per heavy atom. The van der Waals surface area contributed by atoms with E-state index in [9.17, 15) is 12.8 Å². The van der Waals surface area contributed by atoms with Crippen LogP contribution in [-0.2, 0) is 10.0 Å². The molecular weight excluding hydrogens is 413 g/mol. The van der Waals surface area contributed by atoms with Crippen LogP contribution in [0.5, 0.6) is 23.0 Å². The summed E-state index contributed by atoms with van der Waals surface area (Å²) >= 11 is 0. The third-order valence-corrected chi connectivity index (χ3v) is 7.31. The van der Waals surface area contributed by atoms with Gasteiger partial charge in [-0.05, 0) is 30.5 Å². The fourth-order valence-corrected chi connectivity index (χ4v) is 5.65. The number of hydrogen-bond acceptors (Lipinski definition) is 6. The number of ether oxygens (including phenoxy) is 4. The number of fused-ring (bicyclic) bond motifs is 1. The van der Waals surface area contributed by atoms with Gasteiger partial charge in [-0.2, -0.15) is 4.31 Å². The normalized spacial score (nSPS) is 19.4. The Hall–Kier alpha value is -2.52. The number of nitrogens with zero attached hydrogens (tertiary/aromatic N) is 1. The minimum atomic E-state index is -4.10. The Balaban J connectivity index is 1.71. The van der Waals surface area contributed by atoms with E-state index < -0.39 is 26.8 Å². The zero-order valence-electron chi connectivity index (χ0n) is 16.9. The van der Waals surface area contributed by atoms with Crippen LogP contribution in [0, 0.1) is 5.82 Å². The lowest BCUT2D eigenvalue weighted by molar-refractivity contribution is 0.296. The fraction of sp³-hybridized carbons (Fsp3) is 0.429. The Morgan fingerprint density at radius 3 is 2.43 bits per heavy atom. The Kier molecular flexibility index (Phi) is 5.75. The van der Waals surface area contributed by atoms with E-state index >= 15 is 0 Å². The zero-order valence-corrected chi connectivity index (χ0v) is 17.7. The Morgan fingerprint density at radius 2 is 1.70 bits per heavy atom. The van der Waals surface area contributed by atoms with Crippen molar-refractivity contribution in [1.82, 2.24) is 4.31 Å². The van der Waals surface area contributed by atoms with E-state index in [1.54, 1.807) is 6.07 Å². The number of halogens is 1. The predicted molar refractivity (Wildman–Crippen MR) is 107 cm³/mol. The van der Waals surface area contributed by atoms with Gasteiger partial charge in [-0.15, -0.1) is 0 Å². The first-order valence-corrected chi connectivity index (χ1v) is 11.2. The van der Waals surface area contributed by atoms with Gasteiger partial charge in [0.15, 0.2) is 23.0 Å². The molecule has 162 valence electrons. The van der Waals surface area contributed by atoms with Crippen molar-refractivity contribution in [2.75, 3.05) is 34.0 Å². The predicted octanol–water partition coefficient (Wildman–Crippen LogP) is 3.53. The highest BCUT2D eigenvalue weighted by atomic mass is 32.2. The van der Waals surface area contributed by atoms with Gasteiger partial charge in [-0.1, -0.05) is 6.07 Å². The highest BCUT2D eigenvalue weighted by Gasteiger charge is 2.38. The fourth-order valence-electron chi connectivity index (χ4n) is 3.91. The van der Waals surface area contributed by atoms with Crippen molar-refractivity contribution in [3.63, 3.8) is 0 Å². The number of methoxy groups -OCH3 is 2. The zero-order chi connectivity index (χ0) is 21.3. The second-order valence-corrected chi connectivity index (χ2v) is 9.03. The van der Waals surface area contributed by atoms with Gasteiger partial charge in [-0.3, -0.25) is 0 Å². The van der Waals surface area contributed by atoms with Crippen molar-refractivity contribution >= 4 is 10.0 Å². The van der Waals surface area contributed by atoms with Crippen LogP contribution in [0.2, 0.25) is 0 Å². The van der Waals surface area contributed by atoms with Crippen molar-refractivity contribution in [2.24, 2.45) is 0 Å². The van der Waals surface area contributed by atoms with Gasteiger partial charge >= 0.3 is 0 Å². The molecule has 9 heteroatoms. The first-order valence-electron chi connectivity index (χ1n) is 9.78. The van der Waals surface area contributed by atoms with Crippen LogP contribution in [0.3, 0.4) is 0 Å². The third-order valence-electron chi connectivity index (χ3n) is 5.38. The molecule has 2 aromatic rings. The van der Waals surface area contributed by atoms with Gasteiger partial charge < -0.3 is 18.9 Å². The molecule has 0 aromatic heterocycles. The van der Waals surface area contributed by atoms with Crippen molar-refractivity contribution < 1.29 is 31.8 Å². The smallest absolute Gasteiger partial charge is 0.246 e. The molecule has 1 fully saturated rings. The molecule has 0 unspecified atom stereocenters. The molecule has 7 nitrogen and oxygen atoms in total. The van der Waals surface area contributed by atoms with Crippen LogP contribution < -0.4 is 18.9 Å². The van der Waals surface area contributed by atoms with E-state index in [4.69, 9.17) is 18.9 Å². The molecule has 0 saturated carbocycles. The minimum absolute atomic E-state index is 0.134. The summed E-state index contributed by atoms with van der Waals surface area (Å²) < 4.78 is 64.5. The highest BCUT2D eigenvalue weighted by Crippen LogP contribution is 2.42. The average molecular weight is 437 g/mol. The van der Waals surface area contributed by atoms with Gasteiger partial charge in [0.2, 0.25) is 10.0 Å². The van der Waals surface area contributed by atoms with Crippen LogP contribution in [0.4, 0.5) is 4.39 Å². The summed E-state index contributed by atoms with van der Waals surface area (Å²) in [4.78, 5) is -0.429. The molecule has 2 aliphatic heterocycles. The maximum Gasteiger partial charge on any atom is 0.246 e. The Bertz CT molecular complexity index is 1040. The third kappa shape index (κ3) is 3.67. The van der Waals surface area contributed by atoms with E-state index in [-0.39, 0.29) is 11.5 Å². The van der Waals surface area contributed by atoms with Crippen molar-refractivity contribution in [3.05, 3.63) is 41.7 Å². The molecule has 0 spiro atoms. The maximum absolute atomic E-state index is 14.7. The number of hydrogen-bond donors (Lipinski definition) is 0. The molecular formula is C21H24FNO6S. The van der Waals surface area contributed by atoms with Gasteiger partial charge in [0, 0.05) is 25.1 Å². The maximum atomic E-state index is 14.7. The van der Waals surface area contributed by atoms with Crippen LogP contribution in [0.25, 0.3) is 0 Å². The summed E-state index contributed by atoms with van der Waals surface area (Å²) in [6.07, 6.45) is 2.09. The lowest BCUT2D eigenvalue weighted by atomic mass is 10.0. The largest absolute Gasteiger partial charge is 0.493 e. The first-order chi connectivity index (χ1) is 14.5. The molecule has 0 aliphatic carbocycles. The van der Waals surface area contributed by atoms with Crippen molar-refractivity contribution in [2.45, 2.75) is 30.2 Å². The SMILES string of the molecule is COc1cc(F)c(S(=O)(=O)N2CCC[C@@H]2c2ccc3c(c2)OCCCO3)cc1OC. The van der Waals surface area contributed by atoms with Gasteiger partial charge in [0.05, 0.1) is 33.5 Å². The quantitative estimate of drug-likeness (QED) is 0.713. The number of benzene rings is 2. The minimum Gasteiger partial charge on any atom is -0.493 e. The topological polar surface area (TPSA) is 74.3 Å². The summed E-state index contributed by atoms with van der Waals surface area (Å²) in [6, 6.07) is 7.26. The molecule has 2 aromatic carbocycles. The summed E-state index contributed by atoms with van der Waals surface area (Å²) in [5, 5.41) is 0. The van der Waals surface area contributed by atoms with Gasteiger partial charge in [0.1, 0.15) is 10.7 Å². The van der Waals surface area contributed by atoms with E-state index in [2.05, 4.69) is 0 Å². The summed E-state index contributed by atoms with van der Waals surface area (Å²) in [6.45, 7) is 1.42.